The number of imidazole rings is 1. The fourth-order valence-electron chi connectivity index (χ4n) is 3.85. The third-order valence-electron chi connectivity index (χ3n) is 5.50. The van der Waals surface area contributed by atoms with Crippen LogP contribution in [0.2, 0.25) is 0 Å². The zero-order chi connectivity index (χ0) is 18.9. The van der Waals surface area contributed by atoms with Crippen LogP contribution in [0.5, 0.6) is 0 Å². The molecular weight excluding hydrogens is 334 g/mol. The number of nitrogens with one attached hydrogen (secondary N) is 1. The third kappa shape index (κ3) is 3.11. The first-order valence-corrected chi connectivity index (χ1v) is 8.87. The lowest BCUT2D eigenvalue weighted by molar-refractivity contribution is -0.152. The van der Waals surface area contributed by atoms with Crippen LogP contribution in [0.3, 0.4) is 0 Å². The van der Waals surface area contributed by atoms with Crippen molar-refractivity contribution < 1.29 is 14.7 Å². The van der Waals surface area contributed by atoms with E-state index in [2.05, 4.69) is 15.2 Å². The molecule has 1 amide bonds. The highest BCUT2D eigenvalue weighted by atomic mass is 16.4. The average molecular weight is 359 g/mol. The largest absolute Gasteiger partial charge is 0.479 e. The molecule has 0 unspecified atom stereocenters. The van der Waals surface area contributed by atoms with Gasteiger partial charge >= 0.3 is 5.97 Å². The summed E-state index contributed by atoms with van der Waals surface area (Å²) in [5.41, 5.74) is 1.99. The number of hydrogen-bond donors (Lipinski definition) is 2. The molecule has 0 bridgehead atoms. The number of carbonyl (C=O) groups excluding carboxylic acids is 1. The van der Waals surface area contributed by atoms with E-state index in [0.717, 1.165) is 17.0 Å². The number of hydrogen-bond acceptors (Lipinski definition) is 4. The van der Waals surface area contributed by atoms with Crippen molar-refractivity contribution in [2.45, 2.75) is 52.0 Å². The number of carboxylic acids is 1. The SMILES string of the molecule is Cc1n[nH]c(C)c1CCC(=O)N1CCC(C(=O)O)(n2ccnc2C)CC1. The second kappa shape index (κ2) is 6.93. The highest BCUT2D eigenvalue weighted by Gasteiger charge is 2.44. The molecule has 0 aromatic carbocycles. The molecule has 0 saturated carbocycles. The Bertz CT molecular complexity index is 795. The van der Waals surface area contributed by atoms with E-state index in [9.17, 15) is 14.7 Å². The summed E-state index contributed by atoms with van der Waals surface area (Å²) in [6, 6.07) is 0. The molecule has 1 saturated heterocycles. The molecule has 8 heteroatoms. The normalized spacial score (nSPS) is 16.7. The third-order valence-corrected chi connectivity index (χ3v) is 5.50. The van der Waals surface area contributed by atoms with Gasteiger partial charge in [0.15, 0.2) is 0 Å². The number of aryl methyl sites for hydroxylation is 3. The van der Waals surface area contributed by atoms with Crippen molar-refractivity contribution in [1.29, 1.82) is 0 Å². The first-order valence-electron chi connectivity index (χ1n) is 8.87. The number of carboxylic acid groups (broad SMARTS) is 1. The second-order valence-corrected chi connectivity index (χ2v) is 6.97. The molecule has 26 heavy (non-hydrogen) atoms. The van der Waals surface area contributed by atoms with Gasteiger partial charge in [0.2, 0.25) is 5.91 Å². The maximum absolute atomic E-state index is 12.6. The Morgan fingerprint density at radius 3 is 2.46 bits per heavy atom. The minimum absolute atomic E-state index is 0.0614. The van der Waals surface area contributed by atoms with Gasteiger partial charge in [0.1, 0.15) is 11.4 Å². The number of aromatic amines is 1. The lowest BCUT2D eigenvalue weighted by atomic mass is 9.86. The van der Waals surface area contributed by atoms with Crippen molar-refractivity contribution >= 4 is 11.9 Å². The Hall–Kier alpha value is -2.64. The summed E-state index contributed by atoms with van der Waals surface area (Å²) in [4.78, 5) is 30.5. The number of carbonyl (C=O) groups is 2. The number of aromatic nitrogens is 4. The smallest absolute Gasteiger partial charge is 0.330 e. The van der Waals surface area contributed by atoms with Crippen LogP contribution >= 0.6 is 0 Å². The molecule has 0 spiro atoms. The maximum atomic E-state index is 12.6. The molecule has 1 fully saturated rings. The number of rotatable bonds is 5. The van der Waals surface area contributed by atoms with Gasteiger partial charge < -0.3 is 14.6 Å². The molecule has 1 aliphatic heterocycles. The van der Waals surface area contributed by atoms with Crippen molar-refractivity contribution in [1.82, 2.24) is 24.6 Å². The Kier molecular flexibility index (Phi) is 4.84. The van der Waals surface area contributed by atoms with Crippen LogP contribution in [0.15, 0.2) is 12.4 Å². The molecule has 3 heterocycles. The molecule has 2 aromatic rings. The van der Waals surface area contributed by atoms with Gasteiger partial charge in [-0.15, -0.1) is 0 Å². The predicted molar refractivity (Wildman–Crippen MR) is 94.8 cm³/mol. The first-order chi connectivity index (χ1) is 12.3. The minimum atomic E-state index is -1.02. The standard InChI is InChI=1S/C18H25N5O3/c1-12-15(13(2)21-20-12)4-5-16(24)22-9-6-18(7-10-22,17(25)26)23-11-8-19-14(23)3/h8,11H,4-7,9-10H2,1-3H3,(H,20,21)(H,25,26). The summed E-state index contributed by atoms with van der Waals surface area (Å²) in [6.45, 7) is 6.56. The summed E-state index contributed by atoms with van der Waals surface area (Å²) in [6.07, 6.45) is 5.15. The van der Waals surface area contributed by atoms with Crippen LogP contribution in [0.4, 0.5) is 0 Å². The highest BCUT2D eigenvalue weighted by Crippen LogP contribution is 2.32. The lowest BCUT2D eigenvalue weighted by Gasteiger charge is -2.40. The Labute approximate surface area is 152 Å². The Morgan fingerprint density at radius 1 is 1.27 bits per heavy atom. The topological polar surface area (TPSA) is 104 Å². The maximum Gasteiger partial charge on any atom is 0.330 e. The van der Waals surface area contributed by atoms with Gasteiger partial charge in [-0.3, -0.25) is 9.89 Å². The number of piperidine rings is 1. The fraction of sp³-hybridized carbons (Fsp3) is 0.556. The second-order valence-electron chi connectivity index (χ2n) is 6.97. The van der Waals surface area contributed by atoms with E-state index in [-0.39, 0.29) is 5.91 Å². The van der Waals surface area contributed by atoms with Crippen LogP contribution in [-0.4, -0.2) is 54.7 Å². The van der Waals surface area contributed by atoms with Crippen molar-refractivity contribution in [3.05, 3.63) is 35.2 Å². The zero-order valence-corrected chi connectivity index (χ0v) is 15.4. The number of amides is 1. The zero-order valence-electron chi connectivity index (χ0n) is 15.4. The van der Waals surface area contributed by atoms with Gasteiger partial charge in [-0.25, -0.2) is 9.78 Å². The molecule has 0 radical (unpaired) electrons. The average Bonchev–Trinajstić information content (AvgIpc) is 3.19. The van der Waals surface area contributed by atoms with Gasteiger partial charge in [0.25, 0.3) is 0 Å². The summed E-state index contributed by atoms with van der Waals surface area (Å²) in [5.74, 6) is -0.125. The molecule has 1 aliphatic rings. The number of aliphatic carboxylic acids is 1. The van der Waals surface area contributed by atoms with E-state index < -0.39 is 11.5 Å². The van der Waals surface area contributed by atoms with Gasteiger partial charge in [0, 0.05) is 37.6 Å². The van der Waals surface area contributed by atoms with E-state index in [1.165, 1.54) is 0 Å². The van der Waals surface area contributed by atoms with E-state index in [4.69, 9.17) is 0 Å². The lowest BCUT2D eigenvalue weighted by Crippen LogP contribution is -2.52. The molecule has 0 atom stereocenters. The van der Waals surface area contributed by atoms with Crippen molar-refractivity contribution in [3.63, 3.8) is 0 Å². The number of likely N-dealkylation sites (tertiary alicyclic amines) is 1. The molecule has 0 aliphatic carbocycles. The minimum Gasteiger partial charge on any atom is -0.479 e. The number of H-pyrrole nitrogens is 1. The molecule has 2 N–H and O–H groups in total. The molecule has 2 aromatic heterocycles. The van der Waals surface area contributed by atoms with E-state index >= 15 is 0 Å². The summed E-state index contributed by atoms with van der Waals surface area (Å²) >= 11 is 0. The summed E-state index contributed by atoms with van der Waals surface area (Å²) in [7, 11) is 0. The van der Waals surface area contributed by atoms with E-state index in [1.54, 1.807) is 28.8 Å². The van der Waals surface area contributed by atoms with Crippen LogP contribution in [0, 0.1) is 20.8 Å². The van der Waals surface area contributed by atoms with Crippen molar-refractivity contribution in [2.24, 2.45) is 0 Å². The molecule has 140 valence electrons. The van der Waals surface area contributed by atoms with Gasteiger partial charge in [-0.1, -0.05) is 0 Å². The van der Waals surface area contributed by atoms with E-state index in [0.29, 0.717) is 44.6 Å². The summed E-state index contributed by atoms with van der Waals surface area (Å²) < 4.78 is 1.73. The number of nitrogens with zero attached hydrogens (tertiary/aromatic N) is 4. The van der Waals surface area contributed by atoms with Crippen molar-refractivity contribution in [3.8, 4) is 0 Å². The van der Waals surface area contributed by atoms with Crippen LogP contribution in [0.25, 0.3) is 0 Å². The highest BCUT2D eigenvalue weighted by molar-refractivity contribution is 5.79. The predicted octanol–water partition coefficient (Wildman–Crippen LogP) is 1.57. The van der Waals surface area contributed by atoms with Crippen LogP contribution in [0.1, 0.15) is 42.0 Å². The van der Waals surface area contributed by atoms with Gasteiger partial charge in [-0.05, 0) is 45.6 Å². The van der Waals surface area contributed by atoms with Crippen LogP contribution in [-0.2, 0) is 21.5 Å². The van der Waals surface area contributed by atoms with Crippen LogP contribution < -0.4 is 0 Å². The fourth-order valence-corrected chi connectivity index (χ4v) is 3.85. The monoisotopic (exact) mass is 359 g/mol. The van der Waals surface area contributed by atoms with Crippen molar-refractivity contribution in [2.75, 3.05) is 13.1 Å². The quantitative estimate of drug-likeness (QED) is 0.843. The van der Waals surface area contributed by atoms with Gasteiger partial charge in [0.05, 0.1) is 5.69 Å². The molecule has 8 nitrogen and oxygen atoms in total. The summed E-state index contributed by atoms with van der Waals surface area (Å²) in [5, 5.41) is 16.9. The Balaban J connectivity index is 1.64. The molecule has 3 rings (SSSR count). The molecular formula is C18H25N5O3. The van der Waals surface area contributed by atoms with E-state index in [1.807, 2.05) is 13.8 Å². The Morgan fingerprint density at radius 2 is 1.96 bits per heavy atom. The first kappa shape index (κ1) is 18.2. The van der Waals surface area contributed by atoms with Gasteiger partial charge in [-0.2, -0.15) is 5.10 Å².